The van der Waals surface area contributed by atoms with Crippen LogP contribution in [-0.2, 0) is 0 Å². The Morgan fingerprint density at radius 3 is 2.89 bits per heavy atom. The Hall–Kier alpha value is -0.120. The van der Waals surface area contributed by atoms with Gasteiger partial charge in [-0.2, -0.15) is 0 Å². The maximum Gasteiger partial charge on any atom is 0.165 e. The number of quaternary nitrogens is 1. The highest BCUT2D eigenvalue weighted by Crippen LogP contribution is 1.99. The summed E-state index contributed by atoms with van der Waals surface area (Å²) in [5.74, 6) is 0. The number of rotatable bonds is 0. The fourth-order valence-electron chi connectivity index (χ4n) is 0.684. The van der Waals surface area contributed by atoms with Crippen LogP contribution in [0.1, 0.15) is 6.92 Å². The lowest BCUT2D eigenvalue weighted by atomic mass is 10.3. The van der Waals surface area contributed by atoms with Gasteiger partial charge >= 0.3 is 0 Å². The molecule has 0 aromatic carbocycles. The molecule has 0 spiro atoms. The summed E-state index contributed by atoms with van der Waals surface area (Å²) in [5.41, 5.74) is 0.819. The maximum atomic E-state index is 11.0. The lowest BCUT2D eigenvalue weighted by molar-refractivity contribution is -0.809. The molecule has 0 radical (unpaired) electrons. The van der Waals surface area contributed by atoms with Crippen LogP contribution in [0.25, 0.3) is 0 Å². The highest BCUT2D eigenvalue weighted by atomic mass is 79.9. The van der Waals surface area contributed by atoms with Gasteiger partial charge in [0, 0.05) is 6.92 Å². The zero-order chi connectivity index (χ0) is 6.85. The predicted molar refractivity (Wildman–Crippen MR) is 39.9 cm³/mol. The van der Waals surface area contributed by atoms with Gasteiger partial charge in [0.1, 0.15) is 5.70 Å². The number of hydroxylamine groups is 2. The quantitative estimate of drug-likeness (QED) is 0.337. The van der Waals surface area contributed by atoms with Crippen LogP contribution in [0.4, 0.5) is 0 Å². The van der Waals surface area contributed by atoms with Crippen LogP contribution in [0.2, 0.25) is 0 Å². The van der Waals surface area contributed by atoms with Gasteiger partial charge in [0.15, 0.2) is 4.95 Å². The number of nitrogens with one attached hydrogen (secondary N) is 1. The Bertz CT molecular complexity index is 164. The molecule has 1 heterocycles. The monoisotopic (exact) mass is 189 g/mol. The molecule has 0 saturated heterocycles. The molecule has 0 aromatic rings. The molecule has 1 aliphatic rings. The van der Waals surface area contributed by atoms with E-state index in [4.69, 9.17) is 0 Å². The van der Waals surface area contributed by atoms with Crippen LogP contribution in [-0.4, -0.2) is 4.95 Å². The Morgan fingerprint density at radius 1 is 1.78 bits per heavy atom. The first-order chi connectivity index (χ1) is 4.22. The fraction of sp³-hybridized carbons (Fsp3) is 0.333. The van der Waals surface area contributed by atoms with Crippen LogP contribution >= 0.6 is 15.9 Å². The standard InChI is InChI=1S/C6H8BrNO/c1-5-3-2-4-6(7)8(5)9/h2-4,6,8H,1H3. The third kappa shape index (κ3) is 1.41. The highest BCUT2D eigenvalue weighted by molar-refractivity contribution is 9.09. The number of hydrogen-bond donors (Lipinski definition) is 1. The minimum atomic E-state index is -0.0949. The molecule has 0 amide bonds. The largest absolute Gasteiger partial charge is 0.628 e. The summed E-state index contributed by atoms with van der Waals surface area (Å²) in [6.45, 7) is 1.82. The second kappa shape index (κ2) is 2.64. The molecule has 0 saturated carbocycles. The first-order valence-electron chi connectivity index (χ1n) is 2.75. The van der Waals surface area contributed by atoms with E-state index in [9.17, 15) is 5.21 Å². The summed E-state index contributed by atoms with van der Waals surface area (Å²) in [7, 11) is 0. The summed E-state index contributed by atoms with van der Waals surface area (Å²) in [6.07, 6.45) is 5.53. The zero-order valence-electron chi connectivity index (χ0n) is 5.10. The van der Waals surface area contributed by atoms with Crippen molar-refractivity contribution in [3.05, 3.63) is 29.1 Å². The van der Waals surface area contributed by atoms with E-state index in [-0.39, 0.29) is 10.0 Å². The molecule has 0 fully saturated rings. The average molecular weight is 190 g/mol. The minimum absolute atomic E-state index is 0.0949. The van der Waals surface area contributed by atoms with Crippen molar-refractivity contribution in [2.24, 2.45) is 0 Å². The summed E-state index contributed by atoms with van der Waals surface area (Å²) in [5, 5.41) is 11.1. The molecule has 1 aliphatic heterocycles. The van der Waals surface area contributed by atoms with Crippen molar-refractivity contribution in [1.82, 2.24) is 0 Å². The summed E-state index contributed by atoms with van der Waals surface area (Å²) < 4.78 is 0. The third-order valence-electron chi connectivity index (χ3n) is 1.27. The molecule has 2 atom stereocenters. The van der Waals surface area contributed by atoms with Crippen LogP contribution in [0, 0.1) is 5.21 Å². The van der Waals surface area contributed by atoms with Gasteiger partial charge in [-0.15, -0.1) is 0 Å². The van der Waals surface area contributed by atoms with Crippen molar-refractivity contribution in [1.29, 1.82) is 0 Å². The minimum Gasteiger partial charge on any atom is -0.628 e. The third-order valence-corrected chi connectivity index (χ3v) is 1.99. The van der Waals surface area contributed by atoms with Gasteiger partial charge < -0.3 is 10.3 Å². The van der Waals surface area contributed by atoms with E-state index in [1.54, 1.807) is 0 Å². The summed E-state index contributed by atoms with van der Waals surface area (Å²) >= 11 is 3.22. The van der Waals surface area contributed by atoms with Crippen LogP contribution in [0.15, 0.2) is 23.9 Å². The first-order valence-corrected chi connectivity index (χ1v) is 3.67. The van der Waals surface area contributed by atoms with Gasteiger partial charge in [-0.1, -0.05) is 6.08 Å². The Kier molecular flexibility index (Phi) is 2.05. The van der Waals surface area contributed by atoms with Gasteiger partial charge in [0.2, 0.25) is 0 Å². The van der Waals surface area contributed by atoms with Crippen molar-refractivity contribution in [3.63, 3.8) is 0 Å². The molecule has 1 N–H and O–H groups in total. The van der Waals surface area contributed by atoms with Gasteiger partial charge in [0.25, 0.3) is 0 Å². The molecule has 9 heavy (non-hydrogen) atoms. The van der Waals surface area contributed by atoms with Gasteiger partial charge in [-0.05, 0) is 28.1 Å². The van der Waals surface area contributed by atoms with Crippen LogP contribution < -0.4 is 5.06 Å². The van der Waals surface area contributed by atoms with E-state index in [0.717, 1.165) is 5.70 Å². The second-order valence-corrected chi connectivity index (χ2v) is 2.99. The molecular weight excluding hydrogens is 182 g/mol. The van der Waals surface area contributed by atoms with Crippen molar-refractivity contribution in [3.8, 4) is 0 Å². The molecule has 2 nitrogen and oxygen atoms in total. The van der Waals surface area contributed by atoms with Crippen LogP contribution in [0.3, 0.4) is 0 Å². The van der Waals surface area contributed by atoms with E-state index in [0.29, 0.717) is 0 Å². The van der Waals surface area contributed by atoms with E-state index in [2.05, 4.69) is 15.9 Å². The topological polar surface area (TPSA) is 27.5 Å². The molecule has 50 valence electrons. The zero-order valence-corrected chi connectivity index (χ0v) is 6.68. The van der Waals surface area contributed by atoms with E-state index >= 15 is 0 Å². The fourth-order valence-corrected chi connectivity index (χ4v) is 1.22. The van der Waals surface area contributed by atoms with Crippen molar-refractivity contribution in [2.75, 3.05) is 0 Å². The number of alkyl halides is 1. The molecule has 3 heteroatoms. The molecule has 2 unspecified atom stereocenters. The Balaban J connectivity index is 2.73. The van der Waals surface area contributed by atoms with Crippen molar-refractivity contribution in [2.45, 2.75) is 11.9 Å². The average Bonchev–Trinajstić information content (AvgIpc) is 1.83. The molecule has 1 rings (SSSR count). The number of halogens is 1. The molecule has 0 bridgehead atoms. The lowest BCUT2D eigenvalue weighted by Crippen LogP contribution is -3.08. The SMILES string of the molecule is CC1=CC=CC(Br)[NH+]1[O-]. The highest BCUT2D eigenvalue weighted by Gasteiger charge is 2.11. The first kappa shape index (κ1) is 6.99. The number of hydrogen-bond acceptors (Lipinski definition) is 1. The van der Waals surface area contributed by atoms with Crippen molar-refractivity contribution < 1.29 is 5.06 Å². The summed E-state index contributed by atoms with van der Waals surface area (Å²) in [6, 6.07) is 0. The van der Waals surface area contributed by atoms with E-state index in [1.165, 1.54) is 0 Å². The van der Waals surface area contributed by atoms with E-state index < -0.39 is 0 Å². The van der Waals surface area contributed by atoms with Gasteiger partial charge in [-0.3, -0.25) is 0 Å². The van der Waals surface area contributed by atoms with E-state index in [1.807, 2.05) is 25.2 Å². The smallest absolute Gasteiger partial charge is 0.165 e. The lowest BCUT2D eigenvalue weighted by Gasteiger charge is -2.27. The Labute approximate surface area is 62.6 Å². The number of allylic oxidation sites excluding steroid dienone is 3. The molecule has 0 aliphatic carbocycles. The van der Waals surface area contributed by atoms with Crippen molar-refractivity contribution >= 4 is 15.9 Å². The predicted octanol–water partition coefficient (Wildman–Crippen LogP) is 0.564. The van der Waals surface area contributed by atoms with Gasteiger partial charge in [0.05, 0.1) is 0 Å². The normalized spacial score (nSPS) is 34.3. The van der Waals surface area contributed by atoms with Gasteiger partial charge in [-0.25, -0.2) is 0 Å². The summed E-state index contributed by atoms with van der Waals surface area (Å²) in [4.78, 5) is -0.0949. The maximum absolute atomic E-state index is 11.0. The molecule has 0 aromatic heterocycles. The molecular formula is C6H8BrNO. The van der Waals surface area contributed by atoms with Crippen LogP contribution in [0.5, 0.6) is 0 Å². The second-order valence-electron chi connectivity index (χ2n) is 2.00. The Morgan fingerprint density at radius 2 is 2.44 bits per heavy atom.